The zero-order valence-electron chi connectivity index (χ0n) is 13.2. The first-order valence-electron chi connectivity index (χ1n) is 8.00. The van der Waals surface area contributed by atoms with Gasteiger partial charge < -0.3 is 15.5 Å². The van der Waals surface area contributed by atoms with Crippen LogP contribution in [0.5, 0.6) is 0 Å². The SMILES string of the molecule is CC(=O)Nc1cccc(NC(=O)C2(C(=O)N3CCCC3)CC2)c1. The highest BCUT2D eigenvalue weighted by Crippen LogP contribution is 2.48. The van der Waals surface area contributed by atoms with Crippen LogP contribution in [0, 0.1) is 5.41 Å². The predicted molar refractivity (Wildman–Crippen MR) is 86.9 cm³/mol. The molecule has 6 heteroatoms. The molecule has 3 rings (SSSR count). The minimum Gasteiger partial charge on any atom is -0.342 e. The van der Waals surface area contributed by atoms with Gasteiger partial charge in [0.25, 0.3) is 0 Å². The van der Waals surface area contributed by atoms with Gasteiger partial charge >= 0.3 is 0 Å². The van der Waals surface area contributed by atoms with E-state index in [4.69, 9.17) is 0 Å². The van der Waals surface area contributed by atoms with Gasteiger partial charge in [-0.15, -0.1) is 0 Å². The number of anilines is 2. The number of likely N-dealkylation sites (tertiary alicyclic amines) is 1. The van der Waals surface area contributed by atoms with Crippen LogP contribution < -0.4 is 10.6 Å². The lowest BCUT2D eigenvalue weighted by molar-refractivity contribution is -0.141. The van der Waals surface area contributed by atoms with Gasteiger partial charge in [0.05, 0.1) is 0 Å². The molecule has 1 heterocycles. The fraction of sp³-hybridized carbons (Fsp3) is 0.471. The first-order chi connectivity index (χ1) is 11.0. The third-order valence-electron chi connectivity index (χ3n) is 4.43. The second-order valence-electron chi connectivity index (χ2n) is 6.30. The van der Waals surface area contributed by atoms with E-state index in [1.54, 1.807) is 29.2 Å². The zero-order valence-corrected chi connectivity index (χ0v) is 13.2. The average molecular weight is 315 g/mol. The molecule has 6 nitrogen and oxygen atoms in total. The molecule has 0 atom stereocenters. The number of hydrogen-bond donors (Lipinski definition) is 2. The molecule has 1 aliphatic heterocycles. The Morgan fingerprint density at radius 2 is 1.65 bits per heavy atom. The third kappa shape index (κ3) is 3.21. The van der Waals surface area contributed by atoms with Crippen molar-refractivity contribution in [3.63, 3.8) is 0 Å². The highest BCUT2D eigenvalue weighted by atomic mass is 16.2. The molecule has 0 bridgehead atoms. The number of benzene rings is 1. The summed E-state index contributed by atoms with van der Waals surface area (Å²) in [7, 11) is 0. The van der Waals surface area contributed by atoms with Crippen molar-refractivity contribution in [3.8, 4) is 0 Å². The van der Waals surface area contributed by atoms with Crippen molar-refractivity contribution in [3.05, 3.63) is 24.3 Å². The lowest BCUT2D eigenvalue weighted by Gasteiger charge is -2.22. The Morgan fingerprint density at radius 1 is 1.04 bits per heavy atom. The van der Waals surface area contributed by atoms with Crippen LogP contribution in [0.1, 0.15) is 32.6 Å². The summed E-state index contributed by atoms with van der Waals surface area (Å²) < 4.78 is 0. The lowest BCUT2D eigenvalue weighted by Crippen LogP contribution is -2.41. The molecule has 2 N–H and O–H groups in total. The monoisotopic (exact) mass is 315 g/mol. The Morgan fingerprint density at radius 3 is 2.22 bits per heavy atom. The Hall–Kier alpha value is -2.37. The molecule has 0 spiro atoms. The molecule has 1 aromatic carbocycles. The highest BCUT2D eigenvalue weighted by Gasteiger charge is 2.58. The number of carbonyl (C=O) groups is 3. The quantitative estimate of drug-likeness (QED) is 0.834. The van der Waals surface area contributed by atoms with Crippen LogP contribution in [0.4, 0.5) is 11.4 Å². The van der Waals surface area contributed by atoms with Crippen molar-refractivity contribution < 1.29 is 14.4 Å². The lowest BCUT2D eigenvalue weighted by atomic mass is 10.0. The Kier molecular flexibility index (Phi) is 4.07. The fourth-order valence-corrected chi connectivity index (χ4v) is 3.01. The van der Waals surface area contributed by atoms with Crippen molar-refractivity contribution in [1.29, 1.82) is 0 Å². The summed E-state index contributed by atoms with van der Waals surface area (Å²) in [5.41, 5.74) is 0.321. The maximum absolute atomic E-state index is 12.6. The molecule has 2 fully saturated rings. The minimum absolute atomic E-state index is 0.0366. The first kappa shape index (κ1) is 15.5. The van der Waals surface area contributed by atoms with Crippen LogP contribution in [0.2, 0.25) is 0 Å². The summed E-state index contributed by atoms with van der Waals surface area (Å²) in [4.78, 5) is 38.1. The van der Waals surface area contributed by atoms with Gasteiger partial charge in [-0.1, -0.05) is 6.07 Å². The van der Waals surface area contributed by atoms with Crippen LogP contribution in [0.3, 0.4) is 0 Å². The maximum Gasteiger partial charge on any atom is 0.240 e. The van der Waals surface area contributed by atoms with Gasteiger partial charge in [0, 0.05) is 31.4 Å². The molecule has 0 radical (unpaired) electrons. The molecule has 1 aliphatic carbocycles. The predicted octanol–water partition coefficient (Wildman–Crippen LogP) is 1.99. The van der Waals surface area contributed by atoms with Gasteiger partial charge in [0.1, 0.15) is 5.41 Å². The van der Waals surface area contributed by atoms with E-state index < -0.39 is 5.41 Å². The molecule has 3 amide bonds. The highest BCUT2D eigenvalue weighted by molar-refractivity contribution is 6.13. The molecule has 2 aliphatic rings. The summed E-state index contributed by atoms with van der Waals surface area (Å²) in [6, 6.07) is 6.94. The van der Waals surface area contributed by atoms with E-state index in [-0.39, 0.29) is 17.7 Å². The number of carbonyl (C=O) groups excluding carboxylic acids is 3. The van der Waals surface area contributed by atoms with E-state index in [0.717, 1.165) is 25.9 Å². The smallest absolute Gasteiger partial charge is 0.240 e. The van der Waals surface area contributed by atoms with E-state index in [2.05, 4.69) is 10.6 Å². The van der Waals surface area contributed by atoms with Crippen LogP contribution in [0.15, 0.2) is 24.3 Å². The maximum atomic E-state index is 12.6. The standard InChI is InChI=1S/C17H21N3O3/c1-12(21)18-13-5-4-6-14(11-13)19-15(22)17(7-8-17)16(23)20-9-2-3-10-20/h4-6,11H,2-3,7-10H2,1H3,(H,18,21)(H,19,22). The summed E-state index contributed by atoms with van der Waals surface area (Å²) in [5.74, 6) is -0.448. The zero-order chi connectivity index (χ0) is 16.4. The van der Waals surface area contributed by atoms with Crippen molar-refractivity contribution in [1.82, 2.24) is 4.90 Å². The molecule has 1 saturated carbocycles. The summed E-state index contributed by atoms with van der Waals surface area (Å²) in [6.07, 6.45) is 3.25. The van der Waals surface area contributed by atoms with Crippen LogP contribution in [0.25, 0.3) is 0 Å². The van der Waals surface area contributed by atoms with E-state index in [9.17, 15) is 14.4 Å². The molecule has 122 valence electrons. The second-order valence-corrected chi connectivity index (χ2v) is 6.30. The number of nitrogens with zero attached hydrogens (tertiary/aromatic N) is 1. The van der Waals surface area contributed by atoms with E-state index >= 15 is 0 Å². The largest absolute Gasteiger partial charge is 0.342 e. The van der Waals surface area contributed by atoms with E-state index in [1.165, 1.54) is 6.92 Å². The van der Waals surface area contributed by atoms with Crippen molar-refractivity contribution in [2.45, 2.75) is 32.6 Å². The molecule has 0 unspecified atom stereocenters. The van der Waals surface area contributed by atoms with Gasteiger partial charge in [-0.25, -0.2) is 0 Å². The fourth-order valence-electron chi connectivity index (χ4n) is 3.01. The Balaban J connectivity index is 1.69. The van der Waals surface area contributed by atoms with Crippen LogP contribution >= 0.6 is 0 Å². The van der Waals surface area contributed by atoms with Gasteiger partial charge in [-0.05, 0) is 43.9 Å². The average Bonchev–Trinajstić information content (AvgIpc) is 3.14. The summed E-state index contributed by atoms with van der Waals surface area (Å²) in [6.45, 7) is 2.94. The van der Waals surface area contributed by atoms with Crippen LogP contribution in [-0.4, -0.2) is 35.7 Å². The van der Waals surface area contributed by atoms with Gasteiger partial charge in [-0.3, -0.25) is 14.4 Å². The van der Waals surface area contributed by atoms with Crippen molar-refractivity contribution in [2.24, 2.45) is 5.41 Å². The van der Waals surface area contributed by atoms with Crippen LogP contribution in [-0.2, 0) is 14.4 Å². The Bertz CT molecular complexity index is 646. The Labute approximate surface area is 135 Å². The van der Waals surface area contributed by atoms with Gasteiger partial charge in [0.2, 0.25) is 17.7 Å². The minimum atomic E-state index is -0.881. The number of rotatable bonds is 4. The second kappa shape index (κ2) is 6.02. The number of nitrogens with one attached hydrogen (secondary N) is 2. The molecule has 23 heavy (non-hydrogen) atoms. The van der Waals surface area contributed by atoms with Crippen molar-refractivity contribution >= 4 is 29.1 Å². The molecule has 0 aromatic heterocycles. The summed E-state index contributed by atoms with van der Waals surface area (Å²) in [5, 5.41) is 5.50. The topological polar surface area (TPSA) is 78.5 Å². The summed E-state index contributed by atoms with van der Waals surface area (Å²) >= 11 is 0. The molecular weight excluding hydrogens is 294 g/mol. The first-order valence-corrected chi connectivity index (χ1v) is 8.00. The molecule has 1 saturated heterocycles. The number of hydrogen-bond acceptors (Lipinski definition) is 3. The van der Waals surface area contributed by atoms with E-state index in [1.807, 2.05) is 0 Å². The molecular formula is C17H21N3O3. The van der Waals surface area contributed by atoms with Gasteiger partial charge in [0.15, 0.2) is 0 Å². The van der Waals surface area contributed by atoms with Crippen molar-refractivity contribution in [2.75, 3.05) is 23.7 Å². The third-order valence-corrected chi connectivity index (χ3v) is 4.43. The number of amides is 3. The van der Waals surface area contributed by atoms with E-state index in [0.29, 0.717) is 24.2 Å². The van der Waals surface area contributed by atoms with Gasteiger partial charge in [-0.2, -0.15) is 0 Å². The molecule has 1 aromatic rings. The normalized spacial score (nSPS) is 18.4.